The Kier molecular flexibility index (Phi) is 5.03. The average Bonchev–Trinajstić information content (AvgIpc) is 2.93. The Hall–Kier alpha value is -2.51. The molecule has 1 heterocycles. The molecule has 0 radical (unpaired) electrons. The van der Waals surface area contributed by atoms with Gasteiger partial charge < -0.3 is 9.73 Å². The van der Waals surface area contributed by atoms with Gasteiger partial charge in [0.2, 0.25) is 0 Å². The van der Waals surface area contributed by atoms with Crippen molar-refractivity contribution < 1.29 is 9.21 Å². The fourth-order valence-corrected chi connectivity index (χ4v) is 1.96. The van der Waals surface area contributed by atoms with Crippen molar-refractivity contribution >= 4 is 23.6 Å². The molecule has 0 saturated carbocycles. The molecule has 0 fully saturated rings. The van der Waals surface area contributed by atoms with Gasteiger partial charge in [0.05, 0.1) is 0 Å². The van der Waals surface area contributed by atoms with Crippen molar-refractivity contribution in [1.29, 1.82) is 5.26 Å². The summed E-state index contributed by atoms with van der Waals surface area (Å²) in [5.41, 5.74) is 0.875. The van der Waals surface area contributed by atoms with Crippen molar-refractivity contribution in [2.75, 3.05) is 0 Å². The third-order valence-electron chi connectivity index (χ3n) is 2.83. The predicted molar refractivity (Wildman–Crippen MR) is 86.0 cm³/mol. The van der Waals surface area contributed by atoms with E-state index in [1.807, 2.05) is 32.0 Å². The summed E-state index contributed by atoms with van der Waals surface area (Å²) in [5.74, 6) is 0.673. The first-order valence-corrected chi connectivity index (χ1v) is 7.16. The summed E-state index contributed by atoms with van der Waals surface area (Å²) in [4.78, 5) is 11.8. The van der Waals surface area contributed by atoms with E-state index in [4.69, 9.17) is 21.3 Å². The van der Waals surface area contributed by atoms with Crippen LogP contribution in [-0.4, -0.2) is 11.9 Å². The Morgan fingerprint density at radius 3 is 2.55 bits per heavy atom. The fourth-order valence-electron chi connectivity index (χ4n) is 1.83. The minimum atomic E-state index is -0.415. The Morgan fingerprint density at radius 2 is 1.95 bits per heavy atom. The highest BCUT2D eigenvalue weighted by molar-refractivity contribution is 6.30. The number of nitriles is 1. The van der Waals surface area contributed by atoms with Crippen LogP contribution in [0.1, 0.15) is 19.6 Å². The van der Waals surface area contributed by atoms with Crippen molar-refractivity contribution in [2.24, 2.45) is 0 Å². The molecule has 0 aliphatic heterocycles. The summed E-state index contributed by atoms with van der Waals surface area (Å²) in [7, 11) is 0. The van der Waals surface area contributed by atoms with Gasteiger partial charge in [0.25, 0.3) is 5.91 Å². The van der Waals surface area contributed by atoms with E-state index in [1.165, 1.54) is 6.08 Å². The third-order valence-corrected chi connectivity index (χ3v) is 3.08. The first-order chi connectivity index (χ1) is 10.5. The topological polar surface area (TPSA) is 66.0 Å². The molecule has 1 aromatic carbocycles. The van der Waals surface area contributed by atoms with E-state index in [0.29, 0.717) is 16.5 Å². The van der Waals surface area contributed by atoms with Crippen LogP contribution in [0.4, 0.5) is 0 Å². The molecule has 1 N–H and O–H groups in total. The second-order valence-corrected chi connectivity index (χ2v) is 5.44. The molecule has 1 aromatic heterocycles. The van der Waals surface area contributed by atoms with E-state index in [2.05, 4.69) is 5.32 Å². The van der Waals surface area contributed by atoms with Crippen LogP contribution in [0.3, 0.4) is 0 Å². The Labute approximate surface area is 134 Å². The van der Waals surface area contributed by atoms with Gasteiger partial charge in [-0.1, -0.05) is 11.6 Å². The largest absolute Gasteiger partial charge is 0.457 e. The molecule has 112 valence electrons. The van der Waals surface area contributed by atoms with Gasteiger partial charge in [0, 0.05) is 22.7 Å². The van der Waals surface area contributed by atoms with E-state index >= 15 is 0 Å². The number of hydrogen-bond acceptors (Lipinski definition) is 3. The highest BCUT2D eigenvalue weighted by Crippen LogP contribution is 2.24. The van der Waals surface area contributed by atoms with Crippen LogP contribution in [0.15, 0.2) is 46.4 Å². The molecule has 5 heteroatoms. The molecule has 2 aromatic rings. The molecule has 0 spiro atoms. The number of nitrogens with one attached hydrogen (secondary N) is 1. The number of nitrogens with zero attached hydrogens (tertiary/aromatic N) is 1. The van der Waals surface area contributed by atoms with Crippen LogP contribution in [0.2, 0.25) is 5.02 Å². The smallest absolute Gasteiger partial charge is 0.262 e. The van der Waals surface area contributed by atoms with E-state index in [0.717, 1.165) is 5.56 Å². The maximum atomic E-state index is 11.8. The number of hydrogen-bond donors (Lipinski definition) is 1. The number of carbonyl (C=O) groups is 1. The average molecular weight is 315 g/mol. The molecule has 0 aliphatic rings. The van der Waals surface area contributed by atoms with E-state index in [-0.39, 0.29) is 11.6 Å². The maximum Gasteiger partial charge on any atom is 0.262 e. The van der Waals surface area contributed by atoms with Crippen molar-refractivity contribution in [1.82, 2.24) is 5.32 Å². The number of benzene rings is 1. The van der Waals surface area contributed by atoms with Crippen molar-refractivity contribution in [2.45, 2.75) is 19.9 Å². The van der Waals surface area contributed by atoms with Crippen LogP contribution < -0.4 is 5.32 Å². The molecule has 0 aliphatic carbocycles. The van der Waals surface area contributed by atoms with Crippen LogP contribution in [0, 0.1) is 11.3 Å². The molecule has 4 nitrogen and oxygen atoms in total. The van der Waals surface area contributed by atoms with Crippen LogP contribution in [-0.2, 0) is 4.79 Å². The number of halogens is 1. The van der Waals surface area contributed by atoms with Crippen molar-refractivity contribution in [3.8, 4) is 17.4 Å². The first kappa shape index (κ1) is 15.9. The Morgan fingerprint density at radius 1 is 1.27 bits per heavy atom. The molecule has 0 unspecified atom stereocenters. The molecule has 2 rings (SSSR count). The highest BCUT2D eigenvalue weighted by atomic mass is 35.5. The predicted octanol–water partition coefficient (Wildman–Crippen LogP) is 4.03. The summed E-state index contributed by atoms with van der Waals surface area (Å²) in [6.45, 7) is 3.66. The van der Waals surface area contributed by atoms with Crippen LogP contribution in [0.5, 0.6) is 0 Å². The van der Waals surface area contributed by atoms with Gasteiger partial charge in [-0.15, -0.1) is 0 Å². The highest BCUT2D eigenvalue weighted by Gasteiger charge is 2.11. The lowest BCUT2D eigenvalue weighted by Crippen LogP contribution is -2.30. The minimum Gasteiger partial charge on any atom is -0.457 e. The molecule has 0 atom stereocenters. The van der Waals surface area contributed by atoms with Gasteiger partial charge in [-0.25, -0.2) is 0 Å². The second-order valence-electron chi connectivity index (χ2n) is 5.01. The van der Waals surface area contributed by atoms with Gasteiger partial charge in [0.1, 0.15) is 23.2 Å². The summed E-state index contributed by atoms with van der Waals surface area (Å²) >= 11 is 5.85. The Bertz CT molecular complexity index is 737. The van der Waals surface area contributed by atoms with Crippen molar-refractivity contribution in [3.63, 3.8) is 0 Å². The number of carbonyl (C=O) groups excluding carboxylic acids is 1. The summed E-state index contributed by atoms with van der Waals surface area (Å²) < 4.78 is 5.65. The first-order valence-electron chi connectivity index (χ1n) is 6.78. The van der Waals surface area contributed by atoms with Crippen molar-refractivity contribution in [3.05, 3.63) is 52.8 Å². The van der Waals surface area contributed by atoms with E-state index in [9.17, 15) is 4.79 Å². The standard InChI is InChI=1S/C17H15ClN2O2/c1-11(2)20-17(21)13(10-19)9-15-7-8-16(22-15)12-3-5-14(18)6-4-12/h3-9,11H,1-2H3,(H,20,21)/b13-9+. The molecular weight excluding hydrogens is 300 g/mol. The van der Waals surface area contributed by atoms with E-state index in [1.54, 1.807) is 24.3 Å². The minimum absolute atomic E-state index is 0.00528. The lowest BCUT2D eigenvalue weighted by atomic mass is 10.2. The SMILES string of the molecule is CC(C)NC(=O)/C(C#N)=C/c1ccc(-c2ccc(Cl)cc2)o1. The zero-order valence-corrected chi connectivity index (χ0v) is 13.0. The van der Waals surface area contributed by atoms with Gasteiger partial charge >= 0.3 is 0 Å². The zero-order chi connectivity index (χ0) is 16.1. The van der Waals surface area contributed by atoms with Gasteiger partial charge in [-0.05, 0) is 50.2 Å². The quantitative estimate of drug-likeness (QED) is 0.684. The molecule has 0 bridgehead atoms. The van der Waals surface area contributed by atoms with Crippen LogP contribution in [0.25, 0.3) is 17.4 Å². The summed E-state index contributed by atoms with van der Waals surface area (Å²) in [6, 6.07) is 12.6. The molecular formula is C17H15ClN2O2. The third kappa shape index (κ3) is 4.00. The molecule has 0 saturated heterocycles. The second kappa shape index (κ2) is 6.97. The number of furan rings is 1. The normalized spacial score (nSPS) is 11.3. The lowest BCUT2D eigenvalue weighted by Gasteiger charge is -2.06. The van der Waals surface area contributed by atoms with Crippen LogP contribution >= 0.6 is 11.6 Å². The number of amides is 1. The van der Waals surface area contributed by atoms with Gasteiger partial charge in [-0.2, -0.15) is 5.26 Å². The summed E-state index contributed by atoms with van der Waals surface area (Å²) in [5, 5.41) is 12.4. The maximum absolute atomic E-state index is 11.8. The zero-order valence-electron chi connectivity index (χ0n) is 12.3. The monoisotopic (exact) mass is 314 g/mol. The van der Waals surface area contributed by atoms with Gasteiger partial charge in [-0.3, -0.25) is 4.79 Å². The molecule has 22 heavy (non-hydrogen) atoms. The van der Waals surface area contributed by atoms with E-state index < -0.39 is 5.91 Å². The van der Waals surface area contributed by atoms with Gasteiger partial charge in [0.15, 0.2) is 0 Å². The Balaban J connectivity index is 2.23. The fraction of sp³-hybridized carbons (Fsp3) is 0.176. The summed E-state index contributed by atoms with van der Waals surface area (Å²) in [6.07, 6.45) is 1.43. The number of rotatable bonds is 4. The molecule has 1 amide bonds. The lowest BCUT2D eigenvalue weighted by molar-refractivity contribution is -0.117.